The average Bonchev–Trinajstić information content (AvgIpc) is 3.06. The van der Waals surface area contributed by atoms with E-state index in [0.29, 0.717) is 11.3 Å². The summed E-state index contributed by atoms with van der Waals surface area (Å²) in [6.07, 6.45) is -1.39. The van der Waals surface area contributed by atoms with Gasteiger partial charge in [0.2, 0.25) is 23.6 Å². The van der Waals surface area contributed by atoms with E-state index in [0.717, 1.165) is 14.2 Å². The van der Waals surface area contributed by atoms with E-state index >= 15 is 0 Å². The number of hydrogen-bond acceptors (Lipinski definition) is 12. The number of halogens is 1. The lowest BCUT2D eigenvalue weighted by atomic mass is 10.1. The molecule has 47 heavy (non-hydrogen) atoms. The van der Waals surface area contributed by atoms with E-state index in [9.17, 15) is 42.7 Å². The molecule has 0 spiro atoms. The third kappa shape index (κ3) is 15.9. The van der Waals surface area contributed by atoms with Crippen LogP contribution in [-0.2, 0) is 54.4 Å². The number of carbonyl (C=O) groups excluding carboxylic acids is 8. The van der Waals surface area contributed by atoms with Crippen molar-refractivity contribution < 1.29 is 57.0 Å². The number of ether oxygens (including phenoxy) is 3. The van der Waals surface area contributed by atoms with Crippen LogP contribution in [0, 0.1) is 0 Å². The maximum absolute atomic E-state index is 13.4. The molecule has 1 aromatic carbocycles. The molecule has 0 saturated heterocycles. The van der Waals surface area contributed by atoms with Gasteiger partial charge in [-0.15, -0.1) is 0 Å². The highest BCUT2D eigenvalue weighted by Gasteiger charge is 2.33. The summed E-state index contributed by atoms with van der Waals surface area (Å²) < 4.78 is 27.3. The van der Waals surface area contributed by atoms with Crippen molar-refractivity contribution in [2.24, 2.45) is 5.73 Å². The SMILES string of the molecule is COC(=O)C[C@H](NC(=O)[C@@H](CCSC)NC(=O)[C@@H](CCC(N)=O)NC(=O)[C@@H](CC(=O)OC)NC(=O)OCc1ccccc1)C(=O)CF. The van der Waals surface area contributed by atoms with Gasteiger partial charge in [0.25, 0.3) is 0 Å². The van der Waals surface area contributed by atoms with Crippen molar-refractivity contribution in [3.8, 4) is 0 Å². The quantitative estimate of drug-likeness (QED) is 0.0807. The lowest BCUT2D eigenvalue weighted by molar-refractivity contribution is -0.144. The van der Waals surface area contributed by atoms with Gasteiger partial charge in [0.15, 0.2) is 5.78 Å². The Morgan fingerprint density at radius 1 is 0.766 bits per heavy atom. The number of amides is 5. The summed E-state index contributed by atoms with van der Waals surface area (Å²) >= 11 is 1.31. The third-order valence-corrected chi connectivity index (χ3v) is 7.06. The highest BCUT2D eigenvalue weighted by Crippen LogP contribution is 2.08. The highest BCUT2D eigenvalue weighted by molar-refractivity contribution is 7.98. The highest BCUT2D eigenvalue weighted by atomic mass is 32.2. The van der Waals surface area contributed by atoms with E-state index in [1.54, 1.807) is 36.6 Å². The summed E-state index contributed by atoms with van der Waals surface area (Å²) in [5, 5.41) is 9.25. The zero-order valence-electron chi connectivity index (χ0n) is 26.2. The topological polar surface area (TPSA) is 238 Å². The van der Waals surface area contributed by atoms with Gasteiger partial charge >= 0.3 is 18.0 Å². The second kappa shape index (κ2) is 21.9. The van der Waals surface area contributed by atoms with E-state index in [1.807, 2.05) is 0 Å². The molecule has 0 unspecified atom stereocenters. The third-order valence-electron chi connectivity index (χ3n) is 6.41. The Hall–Kier alpha value is -4.74. The summed E-state index contributed by atoms with van der Waals surface area (Å²) in [6, 6.07) is 2.58. The molecular weight excluding hydrogens is 645 g/mol. The summed E-state index contributed by atoms with van der Waals surface area (Å²) in [7, 11) is 2.10. The zero-order chi connectivity index (χ0) is 35.4. The normalized spacial score (nSPS) is 13.0. The Balaban J connectivity index is 3.16. The molecule has 16 nitrogen and oxygen atoms in total. The number of ketones is 1. The van der Waals surface area contributed by atoms with Crippen molar-refractivity contribution >= 4 is 59.2 Å². The Labute approximate surface area is 274 Å². The van der Waals surface area contributed by atoms with Crippen LogP contribution < -0.4 is 27.0 Å². The van der Waals surface area contributed by atoms with E-state index in [1.165, 1.54) is 11.8 Å². The number of Topliss-reactive ketones (excluding diaryl/α,β-unsaturated/α-hetero) is 1. The Kier molecular flexibility index (Phi) is 18.8. The number of methoxy groups -OCH3 is 2. The minimum absolute atomic E-state index is 0.00373. The fraction of sp³-hybridized carbons (Fsp3) is 0.517. The number of esters is 2. The predicted molar refractivity (Wildman–Crippen MR) is 165 cm³/mol. The first kappa shape index (κ1) is 40.3. The number of rotatable bonds is 21. The van der Waals surface area contributed by atoms with E-state index in [-0.39, 0.29) is 25.9 Å². The molecule has 0 saturated carbocycles. The molecule has 0 aliphatic rings. The van der Waals surface area contributed by atoms with Crippen LogP contribution in [0.15, 0.2) is 30.3 Å². The first-order valence-electron chi connectivity index (χ1n) is 14.2. The van der Waals surface area contributed by atoms with Crippen molar-refractivity contribution in [2.75, 3.05) is 32.9 Å². The van der Waals surface area contributed by atoms with Crippen molar-refractivity contribution in [1.29, 1.82) is 0 Å². The van der Waals surface area contributed by atoms with E-state index in [4.69, 9.17) is 10.5 Å². The van der Waals surface area contributed by atoms with E-state index in [2.05, 4.69) is 30.7 Å². The molecule has 1 rings (SSSR count). The fourth-order valence-corrected chi connectivity index (χ4v) is 4.30. The number of alkyl carbamates (subject to hydrolysis) is 1. The Bertz CT molecular complexity index is 1250. The Morgan fingerprint density at radius 3 is 1.79 bits per heavy atom. The van der Waals surface area contributed by atoms with Gasteiger partial charge in [0, 0.05) is 6.42 Å². The fourth-order valence-electron chi connectivity index (χ4n) is 3.83. The Morgan fingerprint density at radius 2 is 1.28 bits per heavy atom. The van der Waals surface area contributed by atoms with Crippen LogP contribution in [0.4, 0.5) is 9.18 Å². The largest absolute Gasteiger partial charge is 0.469 e. The van der Waals surface area contributed by atoms with Crippen molar-refractivity contribution in [3.63, 3.8) is 0 Å². The van der Waals surface area contributed by atoms with Crippen LogP contribution in [0.1, 0.15) is 37.7 Å². The number of nitrogens with two attached hydrogens (primary N) is 1. The molecule has 0 radical (unpaired) electrons. The van der Waals surface area contributed by atoms with Crippen LogP contribution in [0.2, 0.25) is 0 Å². The van der Waals surface area contributed by atoms with Crippen LogP contribution in [0.5, 0.6) is 0 Å². The molecule has 18 heteroatoms. The van der Waals surface area contributed by atoms with Gasteiger partial charge in [0.1, 0.15) is 37.4 Å². The minimum Gasteiger partial charge on any atom is -0.469 e. The first-order valence-corrected chi connectivity index (χ1v) is 15.6. The van der Waals surface area contributed by atoms with Crippen LogP contribution in [-0.4, -0.2) is 105 Å². The number of thioether (sulfide) groups is 1. The molecule has 5 amide bonds. The second-order valence-electron chi connectivity index (χ2n) is 9.89. The molecule has 0 fully saturated rings. The van der Waals surface area contributed by atoms with Gasteiger partial charge < -0.3 is 41.2 Å². The lowest BCUT2D eigenvalue weighted by Crippen LogP contribution is -2.58. The number of primary amides is 1. The summed E-state index contributed by atoms with van der Waals surface area (Å²) in [4.78, 5) is 99.5. The molecule has 0 aromatic heterocycles. The van der Waals surface area contributed by atoms with Crippen molar-refractivity contribution in [1.82, 2.24) is 21.3 Å². The summed E-state index contributed by atoms with van der Waals surface area (Å²) in [5.74, 6) is -6.31. The molecule has 0 aliphatic carbocycles. The molecule has 0 aliphatic heterocycles. The number of hydrogen-bond donors (Lipinski definition) is 5. The molecule has 6 N–H and O–H groups in total. The van der Waals surface area contributed by atoms with Gasteiger partial charge in [-0.25, -0.2) is 9.18 Å². The number of carbonyl (C=O) groups is 8. The lowest BCUT2D eigenvalue weighted by Gasteiger charge is -2.26. The van der Waals surface area contributed by atoms with Gasteiger partial charge in [-0.05, 0) is 30.4 Å². The van der Waals surface area contributed by atoms with Crippen LogP contribution in [0.25, 0.3) is 0 Å². The zero-order valence-corrected chi connectivity index (χ0v) is 27.0. The van der Waals surface area contributed by atoms with Crippen molar-refractivity contribution in [2.45, 2.75) is 62.9 Å². The van der Waals surface area contributed by atoms with Crippen LogP contribution >= 0.6 is 11.8 Å². The summed E-state index contributed by atoms with van der Waals surface area (Å²) in [5.41, 5.74) is 5.88. The van der Waals surface area contributed by atoms with Crippen molar-refractivity contribution in [3.05, 3.63) is 35.9 Å². The minimum atomic E-state index is -1.59. The van der Waals surface area contributed by atoms with Gasteiger partial charge in [-0.1, -0.05) is 30.3 Å². The number of benzene rings is 1. The van der Waals surface area contributed by atoms with E-state index < -0.39 is 91.1 Å². The molecule has 0 bridgehead atoms. The van der Waals surface area contributed by atoms with Gasteiger partial charge in [0.05, 0.1) is 27.1 Å². The smallest absolute Gasteiger partial charge is 0.408 e. The number of nitrogens with one attached hydrogen (secondary N) is 4. The molecule has 260 valence electrons. The van der Waals surface area contributed by atoms with Gasteiger partial charge in [-0.2, -0.15) is 11.8 Å². The standard InChI is InChI=1S/C29H40FN5O11S/c1-44-24(38)13-20(22(36)15-30)34-27(41)19(11-12-47-3)33-26(40)18(9-10-23(31)37)32-28(42)21(14-25(39)45-2)35-29(43)46-16-17-7-5-4-6-8-17/h4-8,18-21H,9-16H2,1-3H3,(H2,31,37)(H,32,42)(H,33,40)(H,34,41)(H,35,43)/t18-,19-,20+,21-/m1/s1. The maximum Gasteiger partial charge on any atom is 0.408 e. The monoisotopic (exact) mass is 685 g/mol. The second-order valence-corrected chi connectivity index (χ2v) is 10.9. The average molecular weight is 686 g/mol. The molecule has 1 aromatic rings. The maximum atomic E-state index is 13.4. The van der Waals surface area contributed by atoms with Gasteiger partial charge in [-0.3, -0.25) is 33.6 Å². The predicted octanol–water partition coefficient (Wildman–Crippen LogP) is -0.581. The number of alkyl halides is 1. The first-order chi connectivity index (χ1) is 22.3. The molecular formula is C29H40FN5O11S. The molecule has 4 atom stereocenters. The van der Waals surface area contributed by atoms with Crippen LogP contribution in [0.3, 0.4) is 0 Å². The summed E-state index contributed by atoms with van der Waals surface area (Å²) in [6.45, 7) is -1.63. The molecule has 0 heterocycles.